The van der Waals surface area contributed by atoms with Gasteiger partial charge in [0.15, 0.2) is 17.0 Å². The molecule has 1 aliphatic rings. The molecule has 4 rings (SSSR count). The monoisotopic (exact) mass is 377 g/mol. The van der Waals surface area contributed by atoms with Gasteiger partial charge in [0.1, 0.15) is 6.23 Å². The minimum absolute atomic E-state index is 0.145. The van der Waals surface area contributed by atoms with E-state index in [0.29, 0.717) is 23.6 Å². The lowest BCUT2D eigenvalue weighted by Crippen LogP contribution is -2.08. The third kappa shape index (κ3) is 2.79. The molecule has 0 amide bonds. The number of nitrogens with zero attached hydrogens (tertiary/aromatic N) is 4. The lowest BCUT2D eigenvalue weighted by molar-refractivity contribution is 0.0592. The predicted octanol–water partition coefficient (Wildman–Crippen LogP) is 3.78. The molecule has 1 saturated heterocycles. The molecule has 0 aliphatic carbocycles. The van der Waals surface area contributed by atoms with Gasteiger partial charge in [0.05, 0.1) is 6.33 Å². The van der Waals surface area contributed by atoms with Crippen molar-refractivity contribution in [3.05, 3.63) is 41.1 Å². The van der Waals surface area contributed by atoms with Crippen LogP contribution < -0.4 is 5.32 Å². The number of aromatic nitrogens is 4. The van der Waals surface area contributed by atoms with Crippen LogP contribution in [0.4, 0.5) is 15.9 Å². The van der Waals surface area contributed by atoms with E-state index in [1.807, 2.05) is 24.3 Å². The van der Waals surface area contributed by atoms with Gasteiger partial charge in [0.2, 0.25) is 0 Å². The molecule has 23 heavy (non-hydrogen) atoms. The number of fused-ring (bicyclic) bond motifs is 1. The average Bonchev–Trinajstić information content (AvgIpc) is 3.15. The van der Waals surface area contributed by atoms with Gasteiger partial charge in [-0.05, 0) is 31.0 Å². The Morgan fingerprint density at radius 3 is 3.04 bits per heavy atom. The highest BCUT2D eigenvalue weighted by molar-refractivity contribution is 9.10. The number of hydrogen-bond acceptors (Lipinski definition) is 5. The van der Waals surface area contributed by atoms with Gasteiger partial charge in [0.25, 0.3) is 0 Å². The van der Waals surface area contributed by atoms with Crippen LogP contribution >= 0.6 is 15.9 Å². The van der Waals surface area contributed by atoms with Crippen LogP contribution in [0.15, 0.2) is 35.1 Å². The molecule has 1 N–H and O–H groups in total. The Kier molecular flexibility index (Phi) is 3.70. The van der Waals surface area contributed by atoms with E-state index in [1.165, 1.54) is 0 Å². The van der Waals surface area contributed by atoms with Gasteiger partial charge in [0, 0.05) is 16.8 Å². The summed E-state index contributed by atoms with van der Waals surface area (Å²) >= 11 is 3.41. The fraction of sp³-hybridized carbons (Fsp3) is 0.267. The second-order valence-electron chi connectivity index (χ2n) is 5.27. The van der Waals surface area contributed by atoms with Crippen molar-refractivity contribution in [3.63, 3.8) is 0 Å². The molecule has 8 heteroatoms. The molecule has 6 nitrogen and oxygen atoms in total. The minimum Gasteiger partial charge on any atom is -0.358 e. The molecule has 1 atom stereocenters. The fourth-order valence-electron chi connectivity index (χ4n) is 2.67. The number of halogens is 2. The quantitative estimate of drug-likeness (QED) is 0.703. The molecular weight excluding hydrogens is 365 g/mol. The summed E-state index contributed by atoms with van der Waals surface area (Å²) in [5.41, 5.74) is 1.73. The number of anilines is 2. The lowest BCUT2D eigenvalue weighted by atomic mass is 10.3. The van der Waals surface area contributed by atoms with E-state index in [0.717, 1.165) is 23.0 Å². The summed E-state index contributed by atoms with van der Waals surface area (Å²) in [5, 5.41) is 3.09. The second kappa shape index (κ2) is 5.86. The first-order valence-electron chi connectivity index (χ1n) is 7.25. The maximum absolute atomic E-state index is 13.9. The minimum atomic E-state index is -0.797. The van der Waals surface area contributed by atoms with Gasteiger partial charge < -0.3 is 10.1 Å². The van der Waals surface area contributed by atoms with Crippen molar-refractivity contribution in [2.45, 2.75) is 19.1 Å². The Labute approximate surface area is 139 Å². The molecule has 1 unspecified atom stereocenters. The molecule has 0 radical (unpaired) electrons. The smallest absolute Gasteiger partial charge is 0.312 e. The highest BCUT2D eigenvalue weighted by Gasteiger charge is 2.22. The van der Waals surface area contributed by atoms with Crippen molar-refractivity contribution in [1.29, 1.82) is 0 Å². The van der Waals surface area contributed by atoms with E-state index in [9.17, 15) is 4.39 Å². The molecule has 2 aromatic heterocycles. The first-order chi connectivity index (χ1) is 11.2. The van der Waals surface area contributed by atoms with Crippen LogP contribution in [0.2, 0.25) is 0 Å². The van der Waals surface area contributed by atoms with E-state index in [4.69, 9.17) is 4.74 Å². The number of rotatable bonds is 3. The molecule has 0 saturated carbocycles. The number of benzene rings is 1. The molecule has 1 fully saturated rings. The summed E-state index contributed by atoms with van der Waals surface area (Å²) in [7, 11) is 0. The standard InChI is InChI=1S/C15H13BrFN5O/c16-9-3-1-4-10(7-9)19-13-12-14(21-15(17)20-13)22(8-18-12)11-5-2-6-23-11/h1,3-4,7-8,11H,2,5-6H2,(H,19,20,21). The zero-order chi connectivity index (χ0) is 15.8. The predicted molar refractivity (Wildman–Crippen MR) is 86.9 cm³/mol. The van der Waals surface area contributed by atoms with Crippen LogP contribution in [0.5, 0.6) is 0 Å². The third-order valence-corrected chi connectivity index (χ3v) is 4.19. The average molecular weight is 378 g/mol. The molecule has 118 valence electrons. The van der Waals surface area contributed by atoms with Crippen LogP contribution in [-0.2, 0) is 4.74 Å². The van der Waals surface area contributed by atoms with E-state index >= 15 is 0 Å². The van der Waals surface area contributed by atoms with Crippen LogP contribution in [-0.4, -0.2) is 26.1 Å². The van der Waals surface area contributed by atoms with Crippen molar-refractivity contribution in [3.8, 4) is 0 Å². The zero-order valence-electron chi connectivity index (χ0n) is 12.0. The highest BCUT2D eigenvalue weighted by atomic mass is 79.9. The van der Waals surface area contributed by atoms with Crippen molar-refractivity contribution in [2.24, 2.45) is 0 Å². The highest BCUT2D eigenvalue weighted by Crippen LogP contribution is 2.29. The number of nitrogens with one attached hydrogen (secondary N) is 1. The van der Waals surface area contributed by atoms with Crippen molar-refractivity contribution in [2.75, 3.05) is 11.9 Å². The van der Waals surface area contributed by atoms with Crippen LogP contribution in [0.3, 0.4) is 0 Å². The maximum Gasteiger partial charge on any atom is 0.312 e. The van der Waals surface area contributed by atoms with E-state index in [2.05, 4.69) is 36.2 Å². The fourth-order valence-corrected chi connectivity index (χ4v) is 3.07. The van der Waals surface area contributed by atoms with Gasteiger partial charge >= 0.3 is 6.08 Å². The Bertz CT molecular complexity index is 862. The zero-order valence-corrected chi connectivity index (χ0v) is 13.6. The van der Waals surface area contributed by atoms with Crippen LogP contribution in [0.1, 0.15) is 19.1 Å². The summed E-state index contributed by atoms with van der Waals surface area (Å²) < 4.78 is 22.2. The van der Waals surface area contributed by atoms with Crippen molar-refractivity contribution < 1.29 is 9.13 Å². The molecule has 1 aliphatic heterocycles. The summed E-state index contributed by atoms with van der Waals surface area (Å²) in [6, 6.07) is 7.54. The number of hydrogen-bond donors (Lipinski definition) is 1. The van der Waals surface area contributed by atoms with E-state index < -0.39 is 6.08 Å². The second-order valence-corrected chi connectivity index (χ2v) is 6.18. The van der Waals surface area contributed by atoms with Gasteiger partial charge in [-0.25, -0.2) is 4.98 Å². The summed E-state index contributed by atoms with van der Waals surface area (Å²) in [6.07, 6.45) is 2.52. The van der Waals surface area contributed by atoms with E-state index in [1.54, 1.807) is 10.9 Å². The van der Waals surface area contributed by atoms with Crippen molar-refractivity contribution in [1.82, 2.24) is 19.5 Å². The van der Waals surface area contributed by atoms with Gasteiger partial charge in [-0.15, -0.1) is 0 Å². The van der Waals surface area contributed by atoms with Crippen molar-refractivity contribution >= 4 is 38.6 Å². The van der Waals surface area contributed by atoms with Crippen LogP contribution in [0.25, 0.3) is 11.2 Å². The Morgan fingerprint density at radius 1 is 1.35 bits per heavy atom. The molecule has 0 spiro atoms. The molecule has 3 aromatic rings. The third-order valence-electron chi connectivity index (χ3n) is 3.70. The molecular formula is C15H13BrFN5O. The van der Waals surface area contributed by atoms with Gasteiger partial charge in [-0.3, -0.25) is 4.57 Å². The largest absolute Gasteiger partial charge is 0.358 e. The normalized spacial score (nSPS) is 17.7. The molecule has 1 aromatic carbocycles. The summed E-state index contributed by atoms with van der Waals surface area (Å²) in [4.78, 5) is 12.1. The first-order valence-corrected chi connectivity index (χ1v) is 8.04. The SMILES string of the molecule is Fc1nc(Nc2cccc(Br)c2)c2ncn(C3CCCO3)c2n1. The lowest BCUT2D eigenvalue weighted by Gasteiger charge is -2.12. The summed E-state index contributed by atoms with van der Waals surface area (Å²) in [5.74, 6) is 0.336. The summed E-state index contributed by atoms with van der Waals surface area (Å²) in [6.45, 7) is 0.695. The Balaban J connectivity index is 1.77. The Morgan fingerprint density at radius 2 is 2.26 bits per heavy atom. The van der Waals surface area contributed by atoms with Gasteiger partial charge in [-0.2, -0.15) is 14.4 Å². The van der Waals surface area contributed by atoms with Gasteiger partial charge in [-0.1, -0.05) is 22.0 Å². The molecule has 0 bridgehead atoms. The maximum atomic E-state index is 13.9. The first kappa shape index (κ1) is 14.5. The molecule has 3 heterocycles. The topological polar surface area (TPSA) is 64.9 Å². The number of ether oxygens (including phenoxy) is 1. The van der Waals surface area contributed by atoms with E-state index in [-0.39, 0.29) is 6.23 Å². The Hall–Kier alpha value is -2.06. The van der Waals surface area contributed by atoms with Crippen LogP contribution in [0, 0.1) is 6.08 Å². The number of imidazole rings is 1.